The first-order valence-corrected chi connectivity index (χ1v) is 5.90. The summed E-state index contributed by atoms with van der Waals surface area (Å²) >= 11 is 0. The van der Waals surface area contributed by atoms with Crippen LogP contribution in [0.4, 0.5) is 0 Å². The van der Waals surface area contributed by atoms with Crippen molar-refractivity contribution in [3.63, 3.8) is 0 Å². The predicted molar refractivity (Wildman–Crippen MR) is 69.3 cm³/mol. The summed E-state index contributed by atoms with van der Waals surface area (Å²) in [4.78, 5) is 0. The van der Waals surface area contributed by atoms with Crippen LogP contribution >= 0.6 is 0 Å². The van der Waals surface area contributed by atoms with Crippen LogP contribution in [0.1, 0.15) is 37.3 Å². The van der Waals surface area contributed by atoms with Crippen molar-refractivity contribution in [2.75, 3.05) is 0 Å². The van der Waals surface area contributed by atoms with E-state index in [4.69, 9.17) is 0 Å². The van der Waals surface area contributed by atoms with E-state index >= 15 is 0 Å². The monoisotopic (exact) mass is 208 g/mol. The molecule has 1 aromatic carbocycles. The van der Waals surface area contributed by atoms with Crippen LogP contribution in [-0.2, 0) is 0 Å². The topological polar surface area (TPSA) is 0 Å². The molecule has 2 aliphatic carbocycles. The van der Waals surface area contributed by atoms with Crippen LogP contribution in [0.5, 0.6) is 0 Å². The molecule has 0 heterocycles. The van der Waals surface area contributed by atoms with Crippen LogP contribution < -0.4 is 0 Å². The summed E-state index contributed by atoms with van der Waals surface area (Å²) in [7, 11) is 0. The Morgan fingerprint density at radius 1 is 1.06 bits per heavy atom. The second-order valence-corrected chi connectivity index (χ2v) is 4.83. The van der Waals surface area contributed by atoms with Crippen LogP contribution in [0.3, 0.4) is 0 Å². The summed E-state index contributed by atoms with van der Waals surface area (Å²) in [5.41, 5.74) is 7.32. The molecule has 0 N–H and O–H groups in total. The van der Waals surface area contributed by atoms with Crippen molar-refractivity contribution >= 4 is 6.08 Å². The van der Waals surface area contributed by atoms with Gasteiger partial charge in [-0.3, -0.25) is 0 Å². The Bertz CT molecular complexity index is 527. The molecule has 1 unspecified atom stereocenters. The van der Waals surface area contributed by atoms with E-state index in [1.54, 1.807) is 0 Å². The highest BCUT2D eigenvalue weighted by Crippen LogP contribution is 2.41. The lowest BCUT2D eigenvalue weighted by molar-refractivity contribution is 0.766. The van der Waals surface area contributed by atoms with Crippen LogP contribution in [0.15, 0.2) is 53.1 Å². The van der Waals surface area contributed by atoms with Gasteiger partial charge in [0.2, 0.25) is 0 Å². The number of fused-ring (bicyclic) bond motifs is 3. The van der Waals surface area contributed by atoms with Gasteiger partial charge in [-0.25, -0.2) is 0 Å². The van der Waals surface area contributed by atoms with Gasteiger partial charge in [0.25, 0.3) is 0 Å². The van der Waals surface area contributed by atoms with E-state index in [0.717, 1.165) is 0 Å². The third-order valence-corrected chi connectivity index (χ3v) is 3.80. The maximum atomic E-state index is 2.34. The van der Waals surface area contributed by atoms with E-state index in [9.17, 15) is 0 Å². The Labute approximate surface area is 97.0 Å². The summed E-state index contributed by atoms with van der Waals surface area (Å²) in [6.45, 7) is 4.47. The third-order valence-electron chi connectivity index (χ3n) is 3.80. The molecule has 3 rings (SSSR count). The zero-order chi connectivity index (χ0) is 11.1. The highest BCUT2D eigenvalue weighted by atomic mass is 14.3. The average Bonchev–Trinajstić information content (AvgIpc) is 2.31. The lowest BCUT2D eigenvalue weighted by Gasteiger charge is -2.28. The summed E-state index contributed by atoms with van der Waals surface area (Å²) in [6, 6.07) is 8.75. The Kier molecular flexibility index (Phi) is 2.10. The van der Waals surface area contributed by atoms with E-state index in [1.165, 1.54) is 34.3 Å². The van der Waals surface area contributed by atoms with E-state index < -0.39 is 0 Å². The minimum absolute atomic E-state index is 0.588. The molecule has 16 heavy (non-hydrogen) atoms. The van der Waals surface area contributed by atoms with E-state index in [1.807, 2.05) is 0 Å². The summed E-state index contributed by atoms with van der Waals surface area (Å²) in [5, 5.41) is 0. The Hall–Kier alpha value is -1.56. The smallest absolute Gasteiger partial charge is 0.0133 e. The van der Waals surface area contributed by atoms with Gasteiger partial charge in [0.1, 0.15) is 0 Å². The molecule has 0 fully saturated rings. The second-order valence-electron chi connectivity index (χ2n) is 4.83. The molecule has 80 valence electrons. The molecule has 0 saturated carbocycles. The number of benzene rings is 1. The highest BCUT2D eigenvalue weighted by molar-refractivity contribution is 5.66. The van der Waals surface area contributed by atoms with Gasteiger partial charge in [-0.15, -0.1) is 0 Å². The molecule has 0 radical (unpaired) electrons. The summed E-state index contributed by atoms with van der Waals surface area (Å²) < 4.78 is 0. The van der Waals surface area contributed by atoms with Gasteiger partial charge in [-0.2, -0.15) is 0 Å². The van der Waals surface area contributed by atoms with Gasteiger partial charge in [0.05, 0.1) is 0 Å². The van der Waals surface area contributed by atoms with Crippen molar-refractivity contribution in [3.05, 3.63) is 64.3 Å². The molecular formula is C16H16. The van der Waals surface area contributed by atoms with Crippen LogP contribution in [0.2, 0.25) is 0 Å². The molecule has 0 aliphatic heterocycles. The fraction of sp³-hybridized carbons (Fsp3) is 0.250. The molecule has 0 aromatic heterocycles. The van der Waals surface area contributed by atoms with Crippen LogP contribution in [0, 0.1) is 0 Å². The minimum atomic E-state index is 0.588. The fourth-order valence-corrected chi connectivity index (χ4v) is 2.68. The van der Waals surface area contributed by atoms with Crippen molar-refractivity contribution in [3.8, 4) is 0 Å². The van der Waals surface area contributed by atoms with Gasteiger partial charge in [0, 0.05) is 5.92 Å². The third kappa shape index (κ3) is 1.37. The largest absolute Gasteiger partial charge is 0.0694 e. The average molecular weight is 208 g/mol. The van der Waals surface area contributed by atoms with Crippen LogP contribution in [-0.4, -0.2) is 0 Å². The van der Waals surface area contributed by atoms with Gasteiger partial charge >= 0.3 is 0 Å². The quantitative estimate of drug-likeness (QED) is 0.590. The first-order chi connectivity index (χ1) is 7.75. The molecule has 0 spiro atoms. The Morgan fingerprint density at radius 3 is 2.75 bits per heavy atom. The van der Waals surface area contributed by atoms with Crippen molar-refractivity contribution < 1.29 is 0 Å². The zero-order valence-electron chi connectivity index (χ0n) is 9.83. The zero-order valence-corrected chi connectivity index (χ0v) is 9.83. The van der Waals surface area contributed by atoms with Gasteiger partial charge in [0.15, 0.2) is 0 Å². The SMILES string of the molecule is CC1=C(C)CC2C(=C1)C=Cc1ccccc12. The maximum Gasteiger partial charge on any atom is 0.0133 e. The molecule has 1 aromatic rings. The van der Waals surface area contributed by atoms with Crippen molar-refractivity contribution in [2.45, 2.75) is 26.2 Å². The van der Waals surface area contributed by atoms with Gasteiger partial charge in [-0.05, 0) is 37.0 Å². The number of hydrogen-bond donors (Lipinski definition) is 0. The van der Waals surface area contributed by atoms with E-state index in [2.05, 4.69) is 56.3 Å². The normalized spacial score (nSPS) is 22.6. The summed E-state index contributed by atoms with van der Waals surface area (Å²) in [6.07, 6.45) is 8.05. The van der Waals surface area contributed by atoms with Crippen molar-refractivity contribution in [2.24, 2.45) is 0 Å². The van der Waals surface area contributed by atoms with Crippen LogP contribution in [0.25, 0.3) is 6.08 Å². The minimum Gasteiger partial charge on any atom is -0.0694 e. The maximum absolute atomic E-state index is 2.34. The predicted octanol–water partition coefficient (Wildman–Crippen LogP) is 4.46. The molecule has 1 atom stereocenters. The van der Waals surface area contributed by atoms with Gasteiger partial charge < -0.3 is 0 Å². The molecule has 0 nitrogen and oxygen atoms in total. The molecule has 0 bridgehead atoms. The lowest BCUT2D eigenvalue weighted by atomic mass is 9.76. The Balaban J connectivity index is 2.14. The number of rotatable bonds is 0. The molecular weight excluding hydrogens is 192 g/mol. The molecule has 0 amide bonds. The Morgan fingerprint density at radius 2 is 1.88 bits per heavy atom. The first-order valence-electron chi connectivity index (χ1n) is 5.90. The van der Waals surface area contributed by atoms with E-state index in [0.29, 0.717) is 5.92 Å². The standard InChI is InChI=1S/C16H16/c1-11-9-14-8-7-13-5-3-4-6-15(13)16(14)10-12(11)2/h3-9,16H,10H2,1-2H3. The van der Waals surface area contributed by atoms with Crippen molar-refractivity contribution in [1.29, 1.82) is 0 Å². The second kappa shape index (κ2) is 3.48. The number of allylic oxidation sites excluding steroid dienone is 5. The van der Waals surface area contributed by atoms with E-state index in [-0.39, 0.29) is 0 Å². The lowest BCUT2D eigenvalue weighted by Crippen LogP contribution is -2.11. The molecule has 0 saturated heterocycles. The number of hydrogen-bond acceptors (Lipinski definition) is 0. The summed E-state index contributed by atoms with van der Waals surface area (Å²) in [5.74, 6) is 0.588. The molecule has 0 heteroatoms. The first kappa shape index (κ1) is 9.65. The van der Waals surface area contributed by atoms with Crippen molar-refractivity contribution in [1.82, 2.24) is 0 Å². The molecule has 2 aliphatic rings. The van der Waals surface area contributed by atoms with Gasteiger partial charge in [-0.1, -0.05) is 53.6 Å². The fourth-order valence-electron chi connectivity index (χ4n) is 2.68. The highest BCUT2D eigenvalue weighted by Gasteiger charge is 2.24.